The van der Waals surface area contributed by atoms with Gasteiger partial charge >= 0.3 is 0 Å². The van der Waals surface area contributed by atoms with Crippen molar-refractivity contribution in [3.63, 3.8) is 0 Å². The number of fused-ring (bicyclic) bond motifs is 2. The van der Waals surface area contributed by atoms with E-state index in [1.165, 1.54) is 10.9 Å². The van der Waals surface area contributed by atoms with Gasteiger partial charge in [-0.1, -0.05) is 5.21 Å². The third kappa shape index (κ3) is 2.45. The summed E-state index contributed by atoms with van der Waals surface area (Å²) in [5.74, 6) is 0. The van der Waals surface area contributed by atoms with Crippen LogP contribution in [-0.2, 0) is 13.0 Å². The molecular weight excluding hydrogens is 326 g/mol. The predicted octanol–water partition coefficient (Wildman–Crippen LogP) is 3.33. The SMILES string of the molecule is c1cnc2[nH]cc(CCCn3nncc3-c3c[nH]c4ncccc34)c2c1. The van der Waals surface area contributed by atoms with E-state index < -0.39 is 0 Å². The summed E-state index contributed by atoms with van der Waals surface area (Å²) in [6.45, 7) is 0.801. The second-order valence-corrected chi connectivity index (χ2v) is 6.26. The van der Waals surface area contributed by atoms with Crippen LogP contribution in [0.3, 0.4) is 0 Å². The van der Waals surface area contributed by atoms with Crippen LogP contribution in [0.25, 0.3) is 33.3 Å². The maximum absolute atomic E-state index is 4.35. The molecule has 0 aliphatic rings. The number of rotatable bonds is 5. The fourth-order valence-corrected chi connectivity index (χ4v) is 3.44. The maximum Gasteiger partial charge on any atom is 0.137 e. The topological polar surface area (TPSA) is 88.1 Å². The van der Waals surface area contributed by atoms with E-state index in [-0.39, 0.29) is 0 Å². The molecule has 0 bridgehead atoms. The normalized spacial score (nSPS) is 11.5. The molecule has 0 atom stereocenters. The molecule has 0 fully saturated rings. The highest BCUT2D eigenvalue weighted by atomic mass is 15.4. The molecule has 5 aromatic rings. The van der Waals surface area contributed by atoms with Crippen molar-refractivity contribution in [1.82, 2.24) is 34.9 Å². The van der Waals surface area contributed by atoms with Crippen molar-refractivity contribution in [1.29, 1.82) is 0 Å². The Kier molecular flexibility index (Phi) is 3.48. The minimum absolute atomic E-state index is 0.801. The zero-order valence-corrected chi connectivity index (χ0v) is 14.1. The molecule has 0 aliphatic carbocycles. The van der Waals surface area contributed by atoms with Crippen molar-refractivity contribution in [2.45, 2.75) is 19.4 Å². The third-order valence-electron chi connectivity index (χ3n) is 4.70. The summed E-state index contributed by atoms with van der Waals surface area (Å²) in [5.41, 5.74) is 5.18. The molecule has 0 spiro atoms. The van der Waals surface area contributed by atoms with Gasteiger partial charge in [-0.3, -0.25) is 0 Å². The zero-order valence-electron chi connectivity index (χ0n) is 14.1. The lowest BCUT2D eigenvalue weighted by Crippen LogP contribution is -2.03. The largest absolute Gasteiger partial charge is 0.346 e. The Hall–Kier alpha value is -3.48. The van der Waals surface area contributed by atoms with Gasteiger partial charge in [-0.15, -0.1) is 5.10 Å². The smallest absolute Gasteiger partial charge is 0.137 e. The fourth-order valence-electron chi connectivity index (χ4n) is 3.44. The van der Waals surface area contributed by atoms with E-state index in [9.17, 15) is 0 Å². The van der Waals surface area contributed by atoms with Gasteiger partial charge in [0, 0.05) is 47.7 Å². The molecule has 0 saturated heterocycles. The van der Waals surface area contributed by atoms with Crippen LogP contribution < -0.4 is 0 Å². The Balaban J connectivity index is 1.37. The number of hydrogen-bond donors (Lipinski definition) is 2. The van der Waals surface area contributed by atoms with Crippen LogP contribution >= 0.6 is 0 Å². The molecule has 7 heteroatoms. The summed E-state index contributed by atoms with van der Waals surface area (Å²) in [6.07, 6.45) is 11.3. The molecule has 5 aromatic heterocycles. The van der Waals surface area contributed by atoms with Crippen molar-refractivity contribution in [3.8, 4) is 11.3 Å². The zero-order chi connectivity index (χ0) is 17.3. The van der Waals surface area contributed by atoms with E-state index in [4.69, 9.17) is 0 Å². The summed E-state index contributed by atoms with van der Waals surface area (Å²) in [4.78, 5) is 15.1. The number of nitrogens with one attached hydrogen (secondary N) is 2. The lowest BCUT2D eigenvalue weighted by molar-refractivity contribution is 0.564. The molecule has 0 saturated carbocycles. The fraction of sp³-hybridized carbons (Fsp3) is 0.158. The Morgan fingerprint density at radius 3 is 2.58 bits per heavy atom. The van der Waals surface area contributed by atoms with Gasteiger partial charge in [0.05, 0.1) is 11.9 Å². The summed E-state index contributed by atoms with van der Waals surface area (Å²) < 4.78 is 1.96. The number of hydrogen-bond acceptors (Lipinski definition) is 4. The summed E-state index contributed by atoms with van der Waals surface area (Å²) in [5, 5.41) is 10.7. The Bertz CT molecular complexity index is 1180. The monoisotopic (exact) mass is 343 g/mol. The number of aryl methyl sites for hydroxylation is 2. The van der Waals surface area contributed by atoms with Crippen molar-refractivity contribution in [2.75, 3.05) is 0 Å². The molecule has 5 heterocycles. The Morgan fingerprint density at radius 2 is 1.69 bits per heavy atom. The van der Waals surface area contributed by atoms with Crippen LogP contribution in [0.2, 0.25) is 0 Å². The molecule has 128 valence electrons. The molecular formula is C19H17N7. The van der Waals surface area contributed by atoms with Crippen LogP contribution in [0.15, 0.2) is 55.2 Å². The van der Waals surface area contributed by atoms with Gasteiger partial charge in [0.15, 0.2) is 0 Å². The van der Waals surface area contributed by atoms with E-state index in [0.717, 1.165) is 47.3 Å². The van der Waals surface area contributed by atoms with E-state index >= 15 is 0 Å². The van der Waals surface area contributed by atoms with Gasteiger partial charge in [0.25, 0.3) is 0 Å². The average molecular weight is 343 g/mol. The lowest BCUT2D eigenvalue weighted by Gasteiger charge is -2.05. The van der Waals surface area contributed by atoms with Gasteiger partial charge in [-0.25, -0.2) is 14.6 Å². The molecule has 0 amide bonds. The van der Waals surface area contributed by atoms with Crippen LogP contribution in [0.5, 0.6) is 0 Å². The molecule has 0 unspecified atom stereocenters. The van der Waals surface area contributed by atoms with Crippen LogP contribution in [-0.4, -0.2) is 34.9 Å². The molecule has 7 nitrogen and oxygen atoms in total. The van der Waals surface area contributed by atoms with Crippen molar-refractivity contribution < 1.29 is 0 Å². The molecule has 5 rings (SSSR count). The second kappa shape index (κ2) is 6.11. The number of H-pyrrole nitrogens is 2. The summed E-state index contributed by atoms with van der Waals surface area (Å²) >= 11 is 0. The highest BCUT2D eigenvalue weighted by Gasteiger charge is 2.12. The first-order chi connectivity index (χ1) is 12.9. The Morgan fingerprint density at radius 1 is 0.923 bits per heavy atom. The van der Waals surface area contributed by atoms with Crippen molar-refractivity contribution in [2.24, 2.45) is 0 Å². The van der Waals surface area contributed by atoms with E-state index in [2.05, 4.69) is 42.4 Å². The van der Waals surface area contributed by atoms with Gasteiger partial charge in [-0.05, 0) is 42.7 Å². The maximum atomic E-state index is 4.35. The van der Waals surface area contributed by atoms with Crippen molar-refractivity contribution >= 4 is 22.1 Å². The molecule has 0 aliphatic heterocycles. The van der Waals surface area contributed by atoms with Crippen LogP contribution in [0.4, 0.5) is 0 Å². The first-order valence-electron chi connectivity index (χ1n) is 8.62. The van der Waals surface area contributed by atoms with E-state index in [0.29, 0.717) is 0 Å². The third-order valence-corrected chi connectivity index (χ3v) is 4.70. The number of pyridine rings is 2. The van der Waals surface area contributed by atoms with Crippen LogP contribution in [0.1, 0.15) is 12.0 Å². The highest BCUT2D eigenvalue weighted by Crippen LogP contribution is 2.27. The first-order valence-corrected chi connectivity index (χ1v) is 8.62. The van der Waals surface area contributed by atoms with Gasteiger partial charge < -0.3 is 9.97 Å². The number of aromatic amines is 2. The molecule has 0 radical (unpaired) electrons. The standard InChI is InChI=1S/C19H17N7/c1-5-14-13(10-22-18(14)20-7-1)4-3-9-26-17(12-24-25-26)16-11-23-19-15(16)6-2-8-21-19/h1-2,5-8,10-12H,3-4,9H2,(H,20,22)(H,21,23). The van der Waals surface area contributed by atoms with Crippen molar-refractivity contribution in [3.05, 3.63) is 60.8 Å². The molecule has 2 N–H and O–H groups in total. The average Bonchev–Trinajstić information content (AvgIpc) is 3.40. The van der Waals surface area contributed by atoms with Gasteiger partial charge in [-0.2, -0.15) is 0 Å². The lowest BCUT2D eigenvalue weighted by atomic mass is 10.1. The quantitative estimate of drug-likeness (QED) is 0.512. The highest BCUT2D eigenvalue weighted by molar-refractivity contribution is 5.92. The number of nitrogens with zero attached hydrogens (tertiary/aromatic N) is 5. The van der Waals surface area contributed by atoms with Crippen LogP contribution in [0, 0.1) is 0 Å². The first kappa shape index (κ1) is 14.8. The minimum atomic E-state index is 0.801. The van der Waals surface area contributed by atoms with Gasteiger partial charge in [0.1, 0.15) is 11.3 Å². The summed E-state index contributed by atoms with van der Waals surface area (Å²) in [7, 11) is 0. The number of aromatic nitrogens is 7. The van der Waals surface area contributed by atoms with E-state index in [1.807, 2.05) is 35.4 Å². The molecule has 26 heavy (non-hydrogen) atoms. The van der Waals surface area contributed by atoms with Gasteiger partial charge in [0.2, 0.25) is 0 Å². The Labute approximate surface area is 149 Å². The van der Waals surface area contributed by atoms with E-state index in [1.54, 1.807) is 12.4 Å². The summed E-state index contributed by atoms with van der Waals surface area (Å²) in [6, 6.07) is 8.08. The predicted molar refractivity (Wildman–Crippen MR) is 99.5 cm³/mol. The second-order valence-electron chi connectivity index (χ2n) is 6.26. The minimum Gasteiger partial charge on any atom is -0.346 e. The molecule has 0 aromatic carbocycles.